The van der Waals surface area contributed by atoms with Gasteiger partial charge in [-0.3, -0.25) is 0 Å². The molecule has 0 aromatic carbocycles. The first kappa shape index (κ1) is 12.3. The standard InChI is InChI=1S/C13H25NO2/c15-13-5-3-11(4-6-13)10-14-12-2-1-8-16-9-7-12/h11-15H,1-10H2. The average molecular weight is 227 g/mol. The molecule has 0 aromatic rings. The van der Waals surface area contributed by atoms with Crippen LogP contribution in [0.15, 0.2) is 0 Å². The molecule has 2 N–H and O–H groups in total. The van der Waals surface area contributed by atoms with Crippen LogP contribution in [0.4, 0.5) is 0 Å². The van der Waals surface area contributed by atoms with Gasteiger partial charge in [0.15, 0.2) is 0 Å². The molecular weight excluding hydrogens is 202 g/mol. The van der Waals surface area contributed by atoms with E-state index >= 15 is 0 Å². The summed E-state index contributed by atoms with van der Waals surface area (Å²) in [5.41, 5.74) is 0. The quantitative estimate of drug-likeness (QED) is 0.771. The molecule has 16 heavy (non-hydrogen) atoms. The van der Waals surface area contributed by atoms with Crippen molar-refractivity contribution >= 4 is 0 Å². The minimum absolute atomic E-state index is 0.0254. The van der Waals surface area contributed by atoms with Gasteiger partial charge in [-0.2, -0.15) is 0 Å². The van der Waals surface area contributed by atoms with Crippen LogP contribution in [0.5, 0.6) is 0 Å². The molecule has 1 atom stereocenters. The van der Waals surface area contributed by atoms with Gasteiger partial charge in [-0.05, 0) is 57.4 Å². The van der Waals surface area contributed by atoms with Gasteiger partial charge in [-0.1, -0.05) is 0 Å². The number of hydrogen-bond donors (Lipinski definition) is 2. The normalized spacial score (nSPS) is 36.9. The van der Waals surface area contributed by atoms with Gasteiger partial charge in [0.05, 0.1) is 6.10 Å². The van der Waals surface area contributed by atoms with Crippen LogP contribution in [0, 0.1) is 5.92 Å². The molecule has 1 heterocycles. The number of aliphatic hydroxyl groups excluding tert-OH is 1. The van der Waals surface area contributed by atoms with Crippen LogP contribution < -0.4 is 5.32 Å². The van der Waals surface area contributed by atoms with Crippen LogP contribution in [-0.4, -0.2) is 37.0 Å². The number of ether oxygens (including phenoxy) is 1. The molecule has 1 saturated heterocycles. The Kier molecular flexibility index (Phi) is 5.07. The average Bonchev–Trinajstić information content (AvgIpc) is 2.57. The summed E-state index contributed by atoms with van der Waals surface area (Å²) in [7, 11) is 0. The van der Waals surface area contributed by atoms with Gasteiger partial charge in [0.2, 0.25) is 0 Å². The summed E-state index contributed by atoms with van der Waals surface area (Å²) >= 11 is 0. The topological polar surface area (TPSA) is 41.5 Å². The van der Waals surface area contributed by atoms with Crippen molar-refractivity contribution in [2.24, 2.45) is 5.92 Å². The van der Waals surface area contributed by atoms with Crippen LogP contribution in [0.1, 0.15) is 44.9 Å². The van der Waals surface area contributed by atoms with E-state index in [-0.39, 0.29) is 6.10 Å². The minimum Gasteiger partial charge on any atom is -0.393 e. The second-order valence-electron chi connectivity index (χ2n) is 5.32. The lowest BCUT2D eigenvalue weighted by atomic mass is 9.87. The summed E-state index contributed by atoms with van der Waals surface area (Å²) in [5, 5.41) is 13.1. The van der Waals surface area contributed by atoms with Crippen molar-refractivity contribution in [3.8, 4) is 0 Å². The van der Waals surface area contributed by atoms with Gasteiger partial charge >= 0.3 is 0 Å². The molecule has 2 aliphatic rings. The molecule has 2 rings (SSSR count). The van der Waals surface area contributed by atoms with Crippen molar-refractivity contribution in [2.75, 3.05) is 19.8 Å². The summed E-state index contributed by atoms with van der Waals surface area (Å²) in [6.45, 7) is 2.99. The molecule has 0 radical (unpaired) electrons. The van der Waals surface area contributed by atoms with Gasteiger partial charge in [0.25, 0.3) is 0 Å². The molecule has 1 unspecified atom stereocenters. The largest absolute Gasteiger partial charge is 0.393 e. The summed E-state index contributed by atoms with van der Waals surface area (Å²) < 4.78 is 5.46. The maximum absolute atomic E-state index is 9.44. The Bertz CT molecular complexity index is 182. The van der Waals surface area contributed by atoms with Crippen molar-refractivity contribution in [3.05, 3.63) is 0 Å². The van der Waals surface area contributed by atoms with Gasteiger partial charge in [-0.15, -0.1) is 0 Å². The lowest BCUT2D eigenvalue weighted by Gasteiger charge is -2.27. The summed E-state index contributed by atoms with van der Waals surface area (Å²) in [4.78, 5) is 0. The molecule has 0 spiro atoms. The lowest BCUT2D eigenvalue weighted by molar-refractivity contribution is 0.107. The zero-order chi connectivity index (χ0) is 11.2. The first-order chi connectivity index (χ1) is 7.84. The van der Waals surface area contributed by atoms with Crippen molar-refractivity contribution in [1.29, 1.82) is 0 Å². The predicted octanol–water partition coefficient (Wildman–Crippen LogP) is 1.70. The molecule has 0 amide bonds. The molecule has 3 nitrogen and oxygen atoms in total. The molecule has 1 saturated carbocycles. The Morgan fingerprint density at radius 2 is 1.81 bits per heavy atom. The second kappa shape index (κ2) is 6.58. The fourth-order valence-corrected chi connectivity index (χ4v) is 2.79. The number of hydrogen-bond acceptors (Lipinski definition) is 3. The molecule has 94 valence electrons. The van der Waals surface area contributed by atoms with Crippen molar-refractivity contribution < 1.29 is 9.84 Å². The zero-order valence-electron chi connectivity index (χ0n) is 10.2. The van der Waals surface area contributed by atoms with E-state index in [0.717, 1.165) is 44.9 Å². The Morgan fingerprint density at radius 1 is 1.00 bits per heavy atom. The Hall–Kier alpha value is -0.120. The van der Waals surface area contributed by atoms with Crippen LogP contribution in [0.2, 0.25) is 0 Å². The summed E-state index contributed by atoms with van der Waals surface area (Å²) in [6, 6.07) is 0.661. The van der Waals surface area contributed by atoms with Crippen molar-refractivity contribution in [1.82, 2.24) is 5.32 Å². The van der Waals surface area contributed by atoms with E-state index < -0.39 is 0 Å². The third-order valence-corrected chi connectivity index (χ3v) is 3.96. The van der Waals surface area contributed by atoms with E-state index in [9.17, 15) is 5.11 Å². The molecule has 1 aliphatic heterocycles. The van der Waals surface area contributed by atoms with Gasteiger partial charge in [-0.25, -0.2) is 0 Å². The highest BCUT2D eigenvalue weighted by Gasteiger charge is 2.20. The van der Waals surface area contributed by atoms with Crippen LogP contribution >= 0.6 is 0 Å². The fourth-order valence-electron chi connectivity index (χ4n) is 2.79. The van der Waals surface area contributed by atoms with Gasteiger partial charge in [0.1, 0.15) is 0 Å². The van der Waals surface area contributed by atoms with E-state index in [2.05, 4.69) is 5.32 Å². The highest BCUT2D eigenvalue weighted by molar-refractivity contribution is 4.76. The van der Waals surface area contributed by atoms with Crippen molar-refractivity contribution in [3.63, 3.8) is 0 Å². The molecule has 2 fully saturated rings. The number of rotatable bonds is 3. The first-order valence-corrected chi connectivity index (χ1v) is 6.84. The Labute approximate surface area is 98.6 Å². The summed E-state index contributed by atoms with van der Waals surface area (Å²) in [6.07, 6.45) is 7.98. The smallest absolute Gasteiger partial charge is 0.0540 e. The zero-order valence-corrected chi connectivity index (χ0v) is 10.2. The van der Waals surface area contributed by atoms with E-state index in [0.29, 0.717) is 6.04 Å². The van der Waals surface area contributed by atoms with Crippen LogP contribution in [0.3, 0.4) is 0 Å². The predicted molar refractivity (Wildman–Crippen MR) is 64.4 cm³/mol. The molecular formula is C13H25NO2. The molecule has 3 heteroatoms. The van der Waals surface area contributed by atoms with Crippen LogP contribution in [-0.2, 0) is 4.74 Å². The molecule has 0 bridgehead atoms. The third-order valence-electron chi connectivity index (χ3n) is 3.96. The van der Waals surface area contributed by atoms with Crippen molar-refractivity contribution in [2.45, 2.75) is 57.1 Å². The van der Waals surface area contributed by atoms with Gasteiger partial charge in [0, 0.05) is 19.3 Å². The van der Waals surface area contributed by atoms with E-state index in [4.69, 9.17) is 4.74 Å². The second-order valence-corrected chi connectivity index (χ2v) is 5.32. The first-order valence-electron chi connectivity index (χ1n) is 6.84. The van der Waals surface area contributed by atoms with E-state index in [1.807, 2.05) is 0 Å². The third kappa shape index (κ3) is 4.04. The highest BCUT2D eigenvalue weighted by atomic mass is 16.5. The number of nitrogens with one attached hydrogen (secondary N) is 1. The maximum Gasteiger partial charge on any atom is 0.0540 e. The van der Waals surface area contributed by atoms with Gasteiger partial charge < -0.3 is 15.2 Å². The number of aliphatic hydroxyl groups is 1. The maximum atomic E-state index is 9.44. The fraction of sp³-hybridized carbons (Fsp3) is 1.00. The summed E-state index contributed by atoms with van der Waals surface area (Å²) in [5.74, 6) is 0.785. The van der Waals surface area contributed by atoms with Crippen LogP contribution in [0.25, 0.3) is 0 Å². The minimum atomic E-state index is -0.0254. The molecule has 0 aromatic heterocycles. The lowest BCUT2D eigenvalue weighted by Crippen LogP contribution is -2.35. The monoisotopic (exact) mass is 227 g/mol. The highest BCUT2D eigenvalue weighted by Crippen LogP contribution is 2.23. The SMILES string of the molecule is OC1CCC(CNC2CCCOCC2)CC1. The Balaban J connectivity index is 1.62. The Morgan fingerprint density at radius 3 is 2.62 bits per heavy atom. The van der Waals surface area contributed by atoms with E-state index in [1.54, 1.807) is 0 Å². The van der Waals surface area contributed by atoms with E-state index in [1.165, 1.54) is 25.7 Å². The molecule has 1 aliphatic carbocycles.